The Morgan fingerprint density at radius 1 is 1.04 bits per heavy atom. The second-order valence-electron chi connectivity index (χ2n) is 5.10. The van der Waals surface area contributed by atoms with Crippen molar-refractivity contribution >= 4 is 39.3 Å². The molecule has 2 amide bonds. The fourth-order valence-electron chi connectivity index (χ4n) is 2.56. The summed E-state index contributed by atoms with van der Waals surface area (Å²) in [5.74, 6) is -0.389. The Kier molecular flexibility index (Phi) is 4.34. The van der Waals surface area contributed by atoms with E-state index in [4.69, 9.17) is 0 Å². The molecule has 0 radical (unpaired) electrons. The second kappa shape index (κ2) is 6.42. The van der Waals surface area contributed by atoms with E-state index in [0.717, 1.165) is 15.8 Å². The Morgan fingerprint density at radius 2 is 1.70 bits per heavy atom. The Morgan fingerprint density at radius 3 is 2.30 bits per heavy atom. The number of hydrogen-bond acceptors (Lipinski definition) is 3. The van der Waals surface area contributed by atoms with E-state index >= 15 is 0 Å². The third-order valence-corrected chi connectivity index (χ3v) is 4.22. The van der Waals surface area contributed by atoms with Gasteiger partial charge in [-0.3, -0.25) is 9.80 Å². The fourth-order valence-corrected chi connectivity index (χ4v) is 2.94. The van der Waals surface area contributed by atoms with E-state index in [1.54, 1.807) is 34.1 Å². The Bertz CT molecular complexity index is 746. The number of halogens is 1. The lowest BCUT2D eigenvalue weighted by Crippen LogP contribution is -2.31. The number of esters is 1. The van der Waals surface area contributed by atoms with Crippen LogP contribution >= 0.6 is 15.9 Å². The van der Waals surface area contributed by atoms with Crippen LogP contribution in [0.3, 0.4) is 0 Å². The number of carbonyl (C=O) groups excluding carboxylic acids is 2. The molecule has 1 aliphatic heterocycles. The van der Waals surface area contributed by atoms with Crippen molar-refractivity contribution in [2.24, 2.45) is 0 Å². The number of rotatable bonds is 3. The van der Waals surface area contributed by atoms with Crippen LogP contribution in [0.2, 0.25) is 0 Å². The van der Waals surface area contributed by atoms with Gasteiger partial charge in [0.1, 0.15) is 0 Å². The van der Waals surface area contributed by atoms with Crippen molar-refractivity contribution < 1.29 is 14.3 Å². The molecule has 1 fully saturated rings. The highest BCUT2D eigenvalue weighted by molar-refractivity contribution is 9.10. The van der Waals surface area contributed by atoms with Gasteiger partial charge in [-0.1, -0.05) is 22.0 Å². The summed E-state index contributed by atoms with van der Waals surface area (Å²) in [4.78, 5) is 27.5. The molecule has 1 saturated heterocycles. The van der Waals surface area contributed by atoms with Crippen LogP contribution in [0.4, 0.5) is 16.2 Å². The predicted molar refractivity (Wildman–Crippen MR) is 92.0 cm³/mol. The van der Waals surface area contributed by atoms with Crippen LogP contribution in [-0.4, -0.2) is 32.2 Å². The summed E-state index contributed by atoms with van der Waals surface area (Å²) >= 11 is 3.42. The topological polar surface area (TPSA) is 49.9 Å². The number of carbonyl (C=O) groups is 2. The number of benzene rings is 2. The zero-order valence-corrected chi connectivity index (χ0v) is 14.1. The number of hydrogen-bond donors (Lipinski definition) is 0. The number of urea groups is 1. The number of amides is 2. The lowest BCUT2D eigenvalue weighted by molar-refractivity contribution is 0.0601. The fraction of sp³-hybridized carbons (Fsp3) is 0.176. The number of anilines is 2. The summed E-state index contributed by atoms with van der Waals surface area (Å²) in [7, 11) is 1.34. The SMILES string of the molecule is COC(=O)c1ccc(N2CCN(c3cccc(Br)c3)C2=O)cc1. The van der Waals surface area contributed by atoms with E-state index in [9.17, 15) is 9.59 Å². The van der Waals surface area contributed by atoms with Gasteiger partial charge in [-0.05, 0) is 42.5 Å². The monoisotopic (exact) mass is 374 g/mol. The van der Waals surface area contributed by atoms with Gasteiger partial charge in [-0.15, -0.1) is 0 Å². The molecule has 0 N–H and O–H groups in total. The van der Waals surface area contributed by atoms with Gasteiger partial charge >= 0.3 is 12.0 Å². The van der Waals surface area contributed by atoms with Crippen LogP contribution in [0.25, 0.3) is 0 Å². The third-order valence-electron chi connectivity index (χ3n) is 3.73. The predicted octanol–water partition coefficient (Wildman–Crippen LogP) is 3.68. The molecule has 0 spiro atoms. The lowest BCUT2D eigenvalue weighted by Gasteiger charge is -2.19. The first-order valence-corrected chi connectivity index (χ1v) is 7.92. The van der Waals surface area contributed by atoms with E-state index < -0.39 is 0 Å². The van der Waals surface area contributed by atoms with Gasteiger partial charge in [0.2, 0.25) is 0 Å². The first-order valence-electron chi connectivity index (χ1n) is 7.13. The molecule has 5 nitrogen and oxygen atoms in total. The van der Waals surface area contributed by atoms with E-state index in [1.165, 1.54) is 7.11 Å². The summed E-state index contributed by atoms with van der Waals surface area (Å²) in [6.07, 6.45) is 0. The summed E-state index contributed by atoms with van der Waals surface area (Å²) in [5, 5.41) is 0. The molecule has 2 aromatic rings. The maximum Gasteiger partial charge on any atom is 0.337 e. The van der Waals surface area contributed by atoms with Crippen LogP contribution in [0, 0.1) is 0 Å². The normalized spacial score (nSPS) is 14.3. The molecule has 1 aliphatic rings. The molecular weight excluding hydrogens is 360 g/mol. The van der Waals surface area contributed by atoms with Gasteiger partial charge in [0.05, 0.1) is 12.7 Å². The lowest BCUT2D eigenvalue weighted by atomic mass is 10.2. The molecule has 0 aromatic heterocycles. The van der Waals surface area contributed by atoms with Gasteiger partial charge in [0, 0.05) is 28.9 Å². The summed E-state index contributed by atoms with van der Waals surface area (Å²) in [5.41, 5.74) is 2.09. The number of methoxy groups -OCH3 is 1. The molecule has 0 atom stereocenters. The minimum absolute atomic E-state index is 0.0751. The molecule has 0 saturated carbocycles. The van der Waals surface area contributed by atoms with Crippen LogP contribution in [0.1, 0.15) is 10.4 Å². The second-order valence-corrected chi connectivity index (χ2v) is 6.02. The highest BCUT2D eigenvalue weighted by Crippen LogP contribution is 2.27. The molecule has 2 aromatic carbocycles. The van der Waals surface area contributed by atoms with E-state index in [1.807, 2.05) is 24.3 Å². The quantitative estimate of drug-likeness (QED) is 0.769. The highest BCUT2D eigenvalue weighted by atomic mass is 79.9. The van der Waals surface area contributed by atoms with Crippen molar-refractivity contribution in [1.29, 1.82) is 0 Å². The maximum absolute atomic E-state index is 12.6. The van der Waals surface area contributed by atoms with Crippen molar-refractivity contribution in [3.8, 4) is 0 Å². The molecule has 1 heterocycles. The molecule has 6 heteroatoms. The van der Waals surface area contributed by atoms with Crippen molar-refractivity contribution in [1.82, 2.24) is 0 Å². The van der Waals surface area contributed by atoms with Crippen LogP contribution in [-0.2, 0) is 4.74 Å². The number of nitrogens with zero attached hydrogens (tertiary/aromatic N) is 2. The van der Waals surface area contributed by atoms with E-state index in [0.29, 0.717) is 18.7 Å². The Hall–Kier alpha value is -2.34. The summed E-state index contributed by atoms with van der Waals surface area (Å²) < 4.78 is 5.61. The average molecular weight is 375 g/mol. The smallest absolute Gasteiger partial charge is 0.337 e. The zero-order valence-electron chi connectivity index (χ0n) is 12.5. The van der Waals surface area contributed by atoms with Crippen LogP contribution in [0.15, 0.2) is 53.0 Å². The minimum Gasteiger partial charge on any atom is -0.465 e. The maximum atomic E-state index is 12.6. The Labute approximate surface area is 142 Å². The summed E-state index contributed by atoms with van der Waals surface area (Å²) in [6, 6.07) is 14.4. The Balaban J connectivity index is 1.80. The van der Waals surface area contributed by atoms with Gasteiger partial charge in [-0.25, -0.2) is 9.59 Å². The van der Waals surface area contributed by atoms with Gasteiger partial charge in [0.25, 0.3) is 0 Å². The number of ether oxygens (including phenoxy) is 1. The van der Waals surface area contributed by atoms with Crippen molar-refractivity contribution in [3.63, 3.8) is 0 Å². The van der Waals surface area contributed by atoms with E-state index in [2.05, 4.69) is 20.7 Å². The minimum atomic E-state index is -0.389. The third kappa shape index (κ3) is 3.07. The highest BCUT2D eigenvalue weighted by Gasteiger charge is 2.30. The van der Waals surface area contributed by atoms with Crippen LogP contribution in [0.5, 0.6) is 0 Å². The van der Waals surface area contributed by atoms with E-state index in [-0.39, 0.29) is 12.0 Å². The molecule has 23 heavy (non-hydrogen) atoms. The summed E-state index contributed by atoms with van der Waals surface area (Å²) in [6.45, 7) is 1.22. The van der Waals surface area contributed by atoms with Crippen molar-refractivity contribution in [3.05, 3.63) is 58.6 Å². The van der Waals surface area contributed by atoms with Gasteiger partial charge in [0.15, 0.2) is 0 Å². The molecule has 0 unspecified atom stereocenters. The first kappa shape index (κ1) is 15.6. The van der Waals surface area contributed by atoms with Crippen LogP contribution < -0.4 is 9.80 Å². The average Bonchev–Trinajstić information content (AvgIpc) is 2.96. The standard InChI is InChI=1S/C17H15BrN2O3/c1-23-16(21)12-5-7-14(8-6-12)19-9-10-20(17(19)22)15-4-2-3-13(18)11-15/h2-8,11H,9-10H2,1H3. The van der Waals surface area contributed by atoms with Crippen molar-refractivity contribution in [2.45, 2.75) is 0 Å². The largest absolute Gasteiger partial charge is 0.465 e. The molecule has 118 valence electrons. The van der Waals surface area contributed by atoms with Gasteiger partial charge < -0.3 is 4.74 Å². The first-order chi connectivity index (χ1) is 11.1. The molecule has 0 aliphatic carbocycles. The molecule has 3 rings (SSSR count). The van der Waals surface area contributed by atoms with Gasteiger partial charge in [-0.2, -0.15) is 0 Å². The zero-order chi connectivity index (χ0) is 16.4. The molecular formula is C17H15BrN2O3. The molecule has 0 bridgehead atoms. The van der Waals surface area contributed by atoms with Crippen molar-refractivity contribution in [2.75, 3.05) is 30.0 Å².